The molecule has 0 saturated carbocycles. The molecule has 3 heterocycles. The maximum absolute atomic E-state index is 12.6. The molecule has 1 aliphatic heterocycles. The van der Waals surface area contributed by atoms with E-state index in [4.69, 9.17) is 9.26 Å². The molecule has 0 amide bonds. The monoisotopic (exact) mass is 297 g/mol. The fraction of sp³-hybridized carbons (Fsp3) is 0.312. The van der Waals surface area contributed by atoms with Gasteiger partial charge in [-0.3, -0.25) is 4.79 Å². The van der Waals surface area contributed by atoms with Crippen LogP contribution in [-0.2, 0) is 11.8 Å². The Kier molecular flexibility index (Phi) is 3.04. The summed E-state index contributed by atoms with van der Waals surface area (Å²) in [5, 5.41) is 4.66. The van der Waals surface area contributed by atoms with Crippen LogP contribution < -0.4 is 5.43 Å². The molecule has 4 rings (SSSR count). The molecular formula is C16H15N3O3. The smallest absolute Gasteiger partial charge is 0.263 e. The van der Waals surface area contributed by atoms with E-state index in [0.29, 0.717) is 30.0 Å². The van der Waals surface area contributed by atoms with Crippen LogP contribution in [-0.4, -0.2) is 27.9 Å². The zero-order valence-corrected chi connectivity index (χ0v) is 12.2. The molecule has 22 heavy (non-hydrogen) atoms. The molecule has 0 N–H and O–H groups in total. The third-order valence-corrected chi connectivity index (χ3v) is 4.06. The van der Waals surface area contributed by atoms with Crippen LogP contribution >= 0.6 is 0 Å². The van der Waals surface area contributed by atoms with Crippen molar-refractivity contribution in [2.75, 3.05) is 13.2 Å². The number of hydrogen-bond donors (Lipinski definition) is 0. The van der Waals surface area contributed by atoms with Gasteiger partial charge in [-0.25, -0.2) is 0 Å². The van der Waals surface area contributed by atoms with Crippen LogP contribution in [0.2, 0.25) is 0 Å². The number of para-hydroxylation sites is 1. The summed E-state index contributed by atoms with van der Waals surface area (Å²) >= 11 is 0. The van der Waals surface area contributed by atoms with E-state index in [1.165, 1.54) is 0 Å². The second kappa shape index (κ2) is 5.06. The number of ether oxygens (including phenoxy) is 1. The fourth-order valence-electron chi connectivity index (χ4n) is 2.84. The van der Waals surface area contributed by atoms with Crippen molar-refractivity contribution < 1.29 is 9.26 Å². The van der Waals surface area contributed by atoms with Crippen molar-refractivity contribution in [3.8, 4) is 11.5 Å². The zero-order valence-electron chi connectivity index (χ0n) is 12.2. The minimum absolute atomic E-state index is 0.0911. The lowest BCUT2D eigenvalue weighted by atomic mass is 10.1. The van der Waals surface area contributed by atoms with Gasteiger partial charge >= 0.3 is 0 Å². The summed E-state index contributed by atoms with van der Waals surface area (Å²) in [6.45, 7) is 1.32. The quantitative estimate of drug-likeness (QED) is 0.724. The zero-order chi connectivity index (χ0) is 15.1. The summed E-state index contributed by atoms with van der Waals surface area (Å²) in [4.78, 5) is 17.0. The SMILES string of the molecule is Cn1cc(-c2nc([C@@H]3CCOC3)no2)c(=O)c2ccccc21. The summed E-state index contributed by atoms with van der Waals surface area (Å²) in [5.74, 6) is 1.04. The van der Waals surface area contributed by atoms with E-state index < -0.39 is 0 Å². The number of rotatable bonds is 2. The molecule has 0 aliphatic carbocycles. The van der Waals surface area contributed by atoms with Gasteiger partial charge in [0.2, 0.25) is 5.43 Å². The Morgan fingerprint density at radius 3 is 3.00 bits per heavy atom. The van der Waals surface area contributed by atoms with Crippen molar-refractivity contribution in [1.82, 2.24) is 14.7 Å². The van der Waals surface area contributed by atoms with Gasteiger partial charge in [0, 0.05) is 31.2 Å². The van der Waals surface area contributed by atoms with Crippen molar-refractivity contribution in [2.24, 2.45) is 7.05 Å². The Bertz CT molecular complexity index is 891. The predicted octanol–water partition coefficient (Wildman–Crippen LogP) is 2.09. The number of aryl methyl sites for hydroxylation is 1. The maximum atomic E-state index is 12.6. The van der Waals surface area contributed by atoms with Crippen molar-refractivity contribution in [2.45, 2.75) is 12.3 Å². The minimum Gasteiger partial charge on any atom is -0.381 e. The summed E-state index contributed by atoms with van der Waals surface area (Å²) < 4.78 is 12.6. The van der Waals surface area contributed by atoms with Gasteiger partial charge in [0.1, 0.15) is 5.56 Å². The van der Waals surface area contributed by atoms with Gasteiger partial charge in [0.15, 0.2) is 5.82 Å². The first-order valence-corrected chi connectivity index (χ1v) is 7.24. The molecule has 6 heteroatoms. The highest BCUT2D eigenvalue weighted by atomic mass is 16.5. The highest BCUT2D eigenvalue weighted by molar-refractivity contribution is 5.82. The Morgan fingerprint density at radius 1 is 1.32 bits per heavy atom. The average molecular weight is 297 g/mol. The van der Waals surface area contributed by atoms with Gasteiger partial charge in [-0.2, -0.15) is 4.98 Å². The molecule has 1 atom stereocenters. The first-order chi connectivity index (χ1) is 10.7. The van der Waals surface area contributed by atoms with Crippen LogP contribution in [0.25, 0.3) is 22.4 Å². The lowest BCUT2D eigenvalue weighted by Gasteiger charge is -2.06. The van der Waals surface area contributed by atoms with E-state index in [2.05, 4.69) is 10.1 Å². The normalized spacial score (nSPS) is 18.1. The first-order valence-electron chi connectivity index (χ1n) is 7.24. The molecule has 1 aliphatic rings. The van der Waals surface area contributed by atoms with Crippen LogP contribution in [0.3, 0.4) is 0 Å². The van der Waals surface area contributed by atoms with Crippen LogP contribution in [0, 0.1) is 0 Å². The van der Waals surface area contributed by atoms with Crippen LogP contribution in [0.1, 0.15) is 18.2 Å². The van der Waals surface area contributed by atoms with Crippen molar-refractivity contribution in [3.63, 3.8) is 0 Å². The van der Waals surface area contributed by atoms with E-state index in [9.17, 15) is 4.79 Å². The van der Waals surface area contributed by atoms with Crippen molar-refractivity contribution in [1.29, 1.82) is 0 Å². The number of pyridine rings is 1. The Morgan fingerprint density at radius 2 is 2.18 bits per heavy atom. The summed E-state index contributed by atoms with van der Waals surface area (Å²) in [5.41, 5.74) is 1.21. The van der Waals surface area contributed by atoms with E-state index in [1.54, 1.807) is 6.20 Å². The number of fused-ring (bicyclic) bond motifs is 1. The molecule has 0 radical (unpaired) electrons. The standard InChI is InChI=1S/C16H15N3O3/c1-19-8-12(14(20)11-4-2-3-5-13(11)19)16-17-15(18-22-16)10-6-7-21-9-10/h2-5,8,10H,6-7,9H2,1H3/t10-/m1/s1. The molecule has 0 bridgehead atoms. The molecule has 6 nitrogen and oxygen atoms in total. The molecule has 0 spiro atoms. The van der Waals surface area contributed by atoms with Gasteiger partial charge in [0.25, 0.3) is 5.89 Å². The molecule has 2 aromatic heterocycles. The van der Waals surface area contributed by atoms with Crippen molar-refractivity contribution in [3.05, 3.63) is 46.5 Å². The predicted molar refractivity (Wildman–Crippen MR) is 80.7 cm³/mol. The number of hydrogen-bond acceptors (Lipinski definition) is 5. The van der Waals surface area contributed by atoms with Gasteiger partial charge in [-0.1, -0.05) is 17.3 Å². The molecule has 0 unspecified atom stereocenters. The molecule has 1 aromatic carbocycles. The number of aromatic nitrogens is 3. The van der Waals surface area contributed by atoms with Crippen LogP contribution in [0.15, 0.2) is 39.8 Å². The van der Waals surface area contributed by atoms with E-state index >= 15 is 0 Å². The van der Waals surface area contributed by atoms with Gasteiger partial charge in [0.05, 0.1) is 12.1 Å². The highest BCUT2D eigenvalue weighted by Gasteiger charge is 2.24. The van der Waals surface area contributed by atoms with E-state index in [-0.39, 0.29) is 17.2 Å². The third-order valence-electron chi connectivity index (χ3n) is 4.06. The van der Waals surface area contributed by atoms with Crippen LogP contribution in [0.4, 0.5) is 0 Å². The Balaban J connectivity index is 1.84. The third kappa shape index (κ3) is 2.03. The molecule has 3 aromatic rings. The van der Waals surface area contributed by atoms with Gasteiger partial charge in [-0.05, 0) is 18.6 Å². The van der Waals surface area contributed by atoms with Crippen molar-refractivity contribution >= 4 is 10.9 Å². The van der Waals surface area contributed by atoms with E-state index in [1.807, 2.05) is 35.9 Å². The number of nitrogens with zero attached hydrogens (tertiary/aromatic N) is 3. The number of benzene rings is 1. The molecule has 1 saturated heterocycles. The lowest BCUT2D eigenvalue weighted by Crippen LogP contribution is -2.10. The molecule has 112 valence electrons. The van der Waals surface area contributed by atoms with E-state index in [0.717, 1.165) is 11.9 Å². The topological polar surface area (TPSA) is 70.2 Å². The van der Waals surface area contributed by atoms with Gasteiger partial charge in [-0.15, -0.1) is 0 Å². The van der Waals surface area contributed by atoms with Gasteiger partial charge < -0.3 is 13.8 Å². The average Bonchev–Trinajstić information content (AvgIpc) is 3.21. The Labute approximate surface area is 126 Å². The second-order valence-corrected chi connectivity index (χ2v) is 5.52. The summed E-state index contributed by atoms with van der Waals surface area (Å²) in [6, 6.07) is 7.48. The fourth-order valence-corrected chi connectivity index (χ4v) is 2.84. The first kappa shape index (κ1) is 13.2. The maximum Gasteiger partial charge on any atom is 0.263 e. The summed E-state index contributed by atoms with van der Waals surface area (Å²) in [6.07, 6.45) is 2.63. The minimum atomic E-state index is -0.0911. The summed E-state index contributed by atoms with van der Waals surface area (Å²) in [7, 11) is 1.90. The largest absolute Gasteiger partial charge is 0.381 e. The molecular weight excluding hydrogens is 282 g/mol. The molecule has 1 fully saturated rings. The van der Waals surface area contributed by atoms with Crippen LogP contribution in [0.5, 0.6) is 0 Å². The Hall–Kier alpha value is -2.47. The second-order valence-electron chi connectivity index (χ2n) is 5.52. The highest BCUT2D eigenvalue weighted by Crippen LogP contribution is 2.25. The lowest BCUT2D eigenvalue weighted by molar-refractivity contribution is 0.192.